The van der Waals surface area contributed by atoms with E-state index >= 15 is 0 Å². The highest BCUT2D eigenvalue weighted by atomic mass is 16.1. The molecule has 1 heteroatoms. The summed E-state index contributed by atoms with van der Waals surface area (Å²) in [6.07, 6.45) is 0.932. The van der Waals surface area contributed by atoms with Crippen molar-refractivity contribution in [1.82, 2.24) is 0 Å². The topological polar surface area (TPSA) is 17.1 Å². The third-order valence-electron chi connectivity index (χ3n) is 3.01. The van der Waals surface area contributed by atoms with Gasteiger partial charge in [0.1, 0.15) is 0 Å². The summed E-state index contributed by atoms with van der Waals surface area (Å²) in [6, 6.07) is 12.3. The summed E-state index contributed by atoms with van der Waals surface area (Å²) in [4.78, 5) is 11.1. The molecule has 1 nitrogen and oxygen atoms in total. The number of carbonyl (C=O) groups excluding carboxylic acids is 1. The highest BCUT2D eigenvalue weighted by Crippen LogP contribution is 2.27. The Bertz CT molecular complexity index is 568. The van der Waals surface area contributed by atoms with E-state index < -0.39 is 0 Å². The van der Waals surface area contributed by atoms with Crippen molar-refractivity contribution in [1.29, 1.82) is 0 Å². The molecule has 2 rings (SSSR count). The van der Waals surface area contributed by atoms with E-state index in [9.17, 15) is 4.79 Å². The Morgan fingerprint density at radius 3 is 2.00 bits per heavy atom. The van der Waals surface area contributed by atoms with Crippen molar-refractivity contribution in [2.45, 2.75) is 20.8 Å². The van der Waals surface area contributed by atoms with Gasteiger partial charge in [0.05, 0.1) is 0 Å². The van der Waals surface area contributed by atoms with Crippen LogP contribution in [0.5, 0.6) is 0 Å². The number of rotatable bonds is 2. The largest absolute Gasteiger partial charge is 0.298 e. The fourth-order valence-corrected chi connectivity index (χ4v) is 2.14. The molecule has 0 atom stereocenters. The van der Waals surface area contributed by atoms with Crippen LogP contribution in [-0.2, 0) is 0 Å². The van der Waals surface area contributed by atoms with Crippen LogP contribution in [0.1, 0.15) is 27.0 Å². The van der Waals surface area contributed by atoms with Gasteiger partial charge in [-0.05, 0) is 43.5 Å². The maximum Gasteiger partial charge on any atom is 0.150 e. The van der Waals surface area contributed by atoms with Gasteiger partial charge in [0.15, 0.2) is 6.29 Å². The Morgan fingerprint density at radius 1 is 0.824 bits per heavy atom. The molecule has 2 aromatic carbocycles. The van der Waals surface area contributed by atoms with Crippen molar-refractivity contribution in [3.63, 3.8) is 0 Å². The van der Waals surface area contributed by atoms with Crippen molar-refractivity contribution >= 4 is 6.29 Å². The fraction of sp³-hybridized carbons (Fsp3) is 0.188. The number of carbonyl (C=O) groups is 1. The lowest BCUT2D eigenvalue weighted by Gasteiger charge is -2.10. The molecule has 17 heavy (non-hydrogen) atoms. The number of aldehydes is 1. The van der Waals surface area contributed by atoms with Gasteiger partial charge in [-0.1, -0.05) is 41.5 Å². The van der Waals surface area contributed by atoms with E-state index in [-0.39, 0.29) is 0 Å². The van der Waals surface area contributed by atoms with Gasteiger partial charge in [0, 0.05) is 5.56 Å². The molecule has 0 unspecified atom stereocenters. The molecule has 0 saturated heterocycles. The maximum absolute atomic E-state index is 11.1. The first kappa shape index (κ1) is 11.6. The average molecular weight is 224 g/mol. The molecule has 0 saturated carbocycles. The molecule has 0 aliphatic heterocycles. The fourth-order valence-electron chi connectivity index (χ4n) is 2.14. The molecule has 2 aromatic rings. The summed E-state index contributed by atoms with van der Waals surface area (Å²) in [6.45, 7) is 6.15. The van der Waals surface area contributed by atoms with Crippen LogP contribution < -0.4 is 0 Å². The molecule has 0 aliphatic carbocycles. The minimum absolute atomic E-state index is 0.761. The summed E-state index contributed by atoms with van der Waals surface area (Å²) < 4.78 is 0. The summed E-state index contributed by atoms with van der Waals surface area (Å²) in [5.74, 6) is 0. The van der Waals surface area contributed by atoms with Gasteiger partial charge in [-0.2, -0.15) is 0 Å². The number of hydrogen-bond donors (Lipinski definition) is 0. The Balaban J connectivity index is 2.63. The summed E-state index contributed by atoms with van der Waals surface area (Å²) in [5, 5.41) is 0. The second-order valence-electron chi connectivity index (χ2n) is 4.53. The first-order valence-electron chi connectivity index (χ1n) is 5.75. The maximum atomic E-state index is 11.1. The molecular formula is C16H16O. The number of hydrogen-bond acceptors (Lipinski definition) is 1. The zero-order chi connectivity index (χ0) is 12.4. The van der Waals surface area contributed by atoms with E-state index in [1.807, 2.05) is 25.1 Å². The number of benzene rings is 2. The van der Waals surface area contributed by atoms with Gasteiger partial charge in [0.2, 0.25) is 0 Å². The average Bonchev–Trinajstić information content (AvgIpc) is 2.30. The third-order valence-corrected chi connectivity index (χ3v) is 3.01. The molecule has 86 valence electrons. The Hall–Kier alpha value is -1.89. The lowest BCUT2D eigenvalue weighted by Crippen LogP contribution is -1.91. The lowest BCUT2D eigenvalue weighted by atomic mass is 9.94. The van der Waals surface area contributed by atoms with Crippen molar-refractivity contribution < 1.29 is 4.79 Å². The molecule has 0 fully saturated rings. The van der Waals surface area contributed by atoms with Crippen molar-refractivity contribution in [3.8, 4) is 11.1 Å². The van der Waals surface area contributed by atoms with Gasteiger partial charge < -0.3 is 0 Å². The van der Waals surface area contributed by atoms with Crippen molar-refractivity contribution in [2.75, 3.05) is 0 Å². The molecule has 0 aromatic heterocycles. The summed E-state index contributed by atoms with van der Waals surface area (Å²) in [7, 11) is 0. The van der Waals surface area contributed by atoms with Gasteiger partial charge in [0.25, 0.3) is 0 Å². The van der Waals surface area contributed by atoms with Crippen LogP contribution in [0.25, 0.3) is 11.1 Å². The smallest absolute Gasteiger partial charge is 0.150 e. The van der Waals surface area contributed by atoms with Crippen LogP contribution in [0.15, 0.2) is 36.4 Å². The van der Waals surface area contributed by atoms with E-state index in [4.69, 9.17) is 0 Å². The highest BCUT2D eigenvalue weighted by Gasteiger charge is 2.07. The summed E-state index contributed by atoms with van der Waals surface area (Å²) >= 11 is 0. The van der Waals surface area contributed by atoms with Crippen LogP contribution in [0.2, 0.25) is 0 Å². The lowest BCUT2D eigenvalue weighted by molar-refractivity contribution is 0.112. The second kappa shape index (κ2) is 4.54. The minimum Gasteiger partial charge on any atom is -0.298 e. The second-order valence-corrected chi connectivity index (χ2v) is 4.53. The van der Waals surface area contributed by atoms with E-state index in [1.165, 1.54) is 11.1 Å². The molecule has 0 aliphatic rings. The van der Waals surface area contributed by atoms with Crippen molar-refractivity contribution in [3.05, 3.63) is 58.7 Å². The summed E-state index contributed by atoms with van der Waals surface area (Å²) in [5.41, 5.74) is 6.47. The highest BCUT2D eigenvalue weighted by molar-refractivity contribution is 5.88. The quantitative estimate of drug-likeness (QED) is 0.702. The van der Waals surface area contributed by atoms with Crippen LogP contribution in [0, 0.1) is 20.8 Å². The van der Waals surface area contributed by atoms with E-state index in [1.54, 1.807) is 0 Å². The predicted octanol–water partition coefficient (Wildman–Crippen LogP) is 4.09. The normalized spacial score (nSPS) is 10.3. The van der Waals surface area contributed by atoms with Gasteiger partial charge in [-0.3, -0.25) is 4.79 Å². The van der Waals surface area contributed by atoms with E-state index in [0.29, 0.717) is 0 Å². The standard InChI is InChI=1S/C16H16O/c1-11-4-6-15(13(3)8-11)16-7-5-12(2)9-14(16)10-17/h4-10H,1-3H3. The van der Waals surface area contributed by atoms with Crippen LogP contribution in [-0.4, -0.2) is 6.29 Å². The van der Waals surface area contributed by atoms with Gasteiger partial charge in [-0.15, -0.1) is 0 Å². The van der Waals surface area contributed by atoms with Gasteiger partial charge in [-0.25, -0.2) is 0 Å². The molecule has 0 amide bonds. The first-order valence-corrected chi connectivity index (χ1v) is 5.75. The molecule has 0 N–H and O–H groups in total. The molecule has 0 spiro atoms. The first-order chi connectivity index (χ1) is 8.11. The van der Waals surface area contributed by atoms with Crippen LogP contribution in [0.3, 0.4) is 0 Å². The van der Waals surface area contributed by atoms with Crippen LogP contribution in [0.4, 0.5) is 0 Å². The minimum atomic E-state index is 0.761. The predicted molar refractivity (Wildman–Crippen MR) is 71.5 cm³/mol. The number of aryl methyl sites for hydroxylation is 3. The SMILES string of the molecule is Cc1ccc(-c2ccc(C)cc2C=O)c(C)c1. The van der Waals surface area contributed by atoms with Crippen LogP contribution >= 0.6 is 0 Å². The van der Waals surface area contributed by atoms with Gasteiger partial charge >= 0.3 is 0 Å². The molecule has 0 radical (unpaired) electrons. The molecule has 0 heterocycles. The van der Waals surface area contributed by atoms with Crippen molar-refractivity contribution in [2.24, 2.45) is 0 Å². The Morgan fingerprint density at radius 2 is 1.41 bits per heavy atom. The van der Waals surface area contributed by atoms with E-state index in [2.05, 4.69) is 32.0 Å². The Labute approximate surface area is 102 Å². The monoisotopic (exact) mass is 224 g/mol. The Kier molecular flexibility index (Phi) is 3.10. The zero-order valence-electron chi connectivity index (χ0n) is 10.4. The third kappa shape index (κ3) is 2.28. The zero-order valence-corrected chi connectivity index (χ0v) is 10.4. The molecule has 0 bridgehead atoms. The van der Waals surface area contributed by atoms with E-state index in [0.717, 1.165) is 28.5 Å². The molecular weight excluding hydrogens is 208 g/mol.